The van der Waals surface area contributed by atoms with Crippen LogP contribution in [0.1, 0.15) is 23.9 Å². The minimum Gasteiger partial charge on any atom is -0.340 e. The predicted octanol–water partition coefficient (Wildman–Crippen LogP) is 1.87. The van der Waals surface area contributed by atoms with Gasteiger partial charge < -0.3 is 9.88 Å². The quantitative estimate of drug-likeness (QED) is 0.759. The Bertz CT molecular complexity index is 407. The molecule has 0 amide bonds. The van der Waals surface area contributed by atoms with E-state index in [0.29, 0.717) is 5.69 Å². The molecule has 1 heterocycles. The van der Waals surface area contributed by atoms with Crippen molar-refractivity contribution in [2.24, 2.45) is 7.05 Å². The Morgan fingerprint density at radius 1 is 1.67 bits per heavy atom. The maximum atomic E-state index is 8.86. The Morgan fingerprint density at radius 2 is 2.33 bits per heavy atom. The van der Waals surface area contributed by atoms with Crippen molar-refractivity contribution < 1.29 is 0 Å². The van der Waals surface area contributed by atoms with E-state index >= 15 is 0 Å². The lowest BCUT2D eigenvalue weighted by molar-refractivity contribution is 0.731. The van der Waals surface area contributed by atoms with E-state index < -0.39 is 0 Å². The molecule has 15 heavy (non-hydrogen) atoms. The molecule has 0 spiro atoms. The molecule has 0 unspecified atom stereocenters. The number of nitriles is 1. The number of nitrogens with one attached hydrogen (secondary N) is 1. The molecule has 80 valence electrons. The molecule has 0 atom stereocenters. The fourth-order valence-corrected chi connectivity index (χ4v) is 1.46. The zero-order valence-corrected chi connectivity index (χ0v) is 9.59. The molecular formula is C12H17N3. The number of aromatic nitrogens is 1. The van der Waals surface area contributed by atoms with E-state index in [1.54, 1.807) is 0 Å². The summed E-state index contributed by atoms with van der Waals surface area (Å²) in [5.74, 6) is 0. The molecule has 1 aromatic rings. The third kappa shape index (κ3) is 2.71. The Labute approximate surface area is 91.0 Å². The molecule has 0 aliphatic carbocycles. The summed E-state index contributed by atoms with van der Waals surface area (Å²) < 4.78 is 1.91. The van der Waals surface area contributed by atoms with Crippen LogP contribution in [0, 0.1) is 18.3 Å². The van der Waals surface area contributed by atoms with E-state index in [1.165, 1.54) is 5.56 Å². The summed E-state index contributed by atoms with van der Waals surface area (Å²) in [5, 5.41) is 12.1. The molecule has 3 nitrogen and oxygen atoms in total. The van der Waals surface area contributed by atoms with Gasteiger partial charge in [0.2, 0.25) is 0 Å². The molecule has 0 aliphatic heterocycles. The molecule has 1 N–H and O–H groups in total. The Morgan fingerprint density at radius 3 is 2.80 bits per heavy atom. The lowest BCUT2D eigenvalue weighted by atomic mass is 10.2. The van der Waals surface area contributed by atoms with Crippen LogP contribution in [0.5, 0.6) is 0 Å². The number of nitrogens with zero attached hydrogens (tertiary/aromatic N) is 2. The van der Waals surface area contributed by atoms with Gasteiger partial charge in [-0.1, -0.05) is 12.2 Å². The summed E-state index contributed by atoms with van der Waals surface area (Å²) in [4.78, 5) is 0. The molecule has 1 aromatic heterocycles. The van der Waals surface area contributed by atoms with Gasteiger partial charge in [-0.05, 0) is 25.5 Å². The van der Waals surface area contributed by atoms with Crippen LogP contribution in [0.4, 0.5) is 0 Å². The van der Waals surface area contributed by atoms with Crippen LogP contribution < -0.4 is 5.32 Å². The van der Waals surface area contributed by atoms with Crippen LogP contribution in [0.15, 0.2) is 18.2 Å². The molecule has 3 heteroatoms. The van der Waals surface area contributed by atoms with Gasteiger partial charge in [0.25, 0.3) is 0 Å². The largest absolute Gasteiger partial charge is 0.340 e. The van der Waals surface area contributed by atoms with Crippen molar-refractivity contribution in [1.82, 2.24) is 9.88 Å². The van der Waals surface area contributed by atoms with Crippen LogP contribution >= 0.6 is 0 Å². The normalized spacial score (nSPS) is 10.0. The Kier molecular flexibility index (Phi) is 3.70. The lowest BCUT2D eigenvalue weighted by Gasteiger charge is -2.04. The average Bonchev–Trinajstić information content (AvgIpc) is 2.45. The molecule has 0 radical (unpaired) electrons. The van der Waals surface area contributed by atoms with E-state index in [0.717, 1.165) is 24.4 Å². The third-order valence-corrected chi connectivity index (χ3v) is 2.50. The fraction of sp³-hybridized carbons (Fsp3) is 0.417. The Hall–Kier alpha value is -1.53. The Balaban J connectivity index is 2.70. The minimum atomic E-state index is 0.708. The second-order valence-electron chi connectivity index (χ2n) is 3.87. The van der Waals surface area contributed by atoms with Crippen molar-refractivity contribution >= 4 is 0 Å². The average molecular weight is 203 g/mol. The zero-order chi connectivity index (χ0) is 11.4. The van der Waals surface area contributed by atoms with Crippen molar-refractivity contribution in [2.45, 2.75) is 20.4 Å². The minimum absolute atomic E-state index is 0.708. The highest BCUT2D eigenvalue weighted by molar-refractivity contribution is 5.34. The van der Waals surface area contributed by atoms with Gasteiger partial charge in [0.1, 0.15) is 11.8 Å². The summed E-state index contributed by atoms with van der Waals surface area (Å²) in [6.07, 6.45) is 0. The van der Waals surface area contributed by atoms with Crippen LogP contribution in [0.2, 0.25) is 0 Å². The van der Waals surface area contributed by atoms with Gasteiger partial charge in [-0.15, -0.1) is 0 Å². The fourth-order valence-electron chi connectivity index (χ4n) is 1.46. The zero-order valence-electron chi connectivity index (χ0n) is 9.59. The highest BCUT2D eigenvalue weighted by atomic mass is 15.0. The molecule has 1 rings (SSSR count). The van der Waals surface area contributed by atoms with E-state index in [2.05, 4.69) is 18.0 Å². The number of hydrogen-bond acceptors (Lipinski definition) is 2. The maximum Gasteiger partial charge on any atom is 0.120 e. The van der Waals surface area contributed by atoms with E-state index in [-0.39, 0.29) is 0 Å². The summed E-state index contributed by atoms with van der Waals surface area (Å²) in [7, 11) is 1.91. The molecule has 0 fully saturated rings. The van der Waals surface area contributed by atoms with Gasteiger partial charge in [0, 0.05) is 25.8 Å². The standard InChI is InChI=1S/C12H17N3/c1-9(2)7-14-8-11-5-12(6-13)15(4)10(11)3/h5,14H,1,7-8H2,2-4H3. The van der Waals surface area contributed by atoms with Crippen molar-refractivity contribution in [3.8, 4) is 6.07 Å². The second kappa shape index (κ2) is 4.81. The van der Waals surface area contributed by atoms with Crippen LogP contribution in [-0.4, -0.2) is 11.1 Å². The van der Waals surface area contributed by atoms with Crippen LogP contribution in [0.3, 0.4) is 0 Å². The van der Waals surface area contributed by atoms with Gasteiger partial charge in [0.15, 0.2) is 0 Å². The summed E-state index contributed by atoms with van der Waals surface area (Å²) >= 11 is 0. The van der Waals surface area contributed by atoms with Crippen molar-refractivity contribution in [1.29, 1.82) is 5.26 Å². The monoisotopic (exact) mass is 203 g/mol. The van der Waals surface area contributed by atoms with E-state index in [1.807, 2.05) is 31.5 Å². The molecule has 0 saturated heterocycles. The highest BCUT2D eigenvalue weighted by Gasteiger charge is 2.07. The van der Waals surface area contributed by atoms with Gasteiger partial charge >= 0.3 is 0 Å². The molecule has 0 aromatic carbocycles. The second-order valence-corrected chi connectivity index (χ2v) is 3.87. The first-order valence-electron chi connectivity index (χ1n) is 4.96. The summed E-state index contributed by atoms with van der Waals surface area (Å²) in [5.41, 5.74) is 4.14. The van der Waals surface area contributed by atoms with Gasteiger partial charge in [0.05, 0.1) is 0 Å². The van der Waals surface area contributed by atoms with Crippen molar-refractivity contribution in [3.63, 3.8) is 0 Å². The summed E-state index contributed by atoms with van der Waals surface area (Å²) in [6, 6.07) is 4.10. The maximum absolute atomic E-state index is 8.86. The molecule has 0 bridgehead atoms. The van der Waals surface area contributed by atoms with Crippen molar-refractivity contribution in [2.75, 3.05) is 6.54 Å². The third-order valence-electron chi connectivity index (χ3n) is 2.50. The predicted molar refractivity (Wildman–Crippen MR) is 61.4 cm³/mol. The lowest BCUT2D eigenvalue weighted by Crippen LogP contribution is -2.15. The smallest absolute Gasteiger partial charge is 0.120 e. The highest BCUT2D eigenvalue weighted by Crippen LogP contribution is 2.12. The van der Waals surface area contributed by atoms with Crippen LogP contribution in [0.25, 0.3) is 0 Å². The van der Waals surface area contributed by atoms with Gasteiger partial charge in [-0.3, -0.25) is 0 Å². The van der Waals surface area contributed by atoms with Gasteiger partial charge in [-0.25, -0.2) is 0 Å². The first-order chi connectivity index (χ1) is 7.06. The van der Waals surface area contributed by atoms with E-state index in [4.69, 9.17) is 5.26 Å². The first kappa shape index (κ1) is 11.5. The summed E-state index contributed by atoms with van der Waals surface area (Å²) in [6.45, 7) is 9.45. The number of rotatable bonds is 4. The van der Waals surface area contributed by atoms with Crippen molar-refractivity contribution in [3.05, 3.63) is 35.2 Å². The first-order valence-corrected chi connectivity index (χ1v) is 4.96. The van der Waals surface area contributed by atoms with E-state index in [9.17, 15) is 0 Å². The number of hydrogen-bond donors (Lipinski definition) is 1. The van der Waals surface area contributed by atoms with Crippen LogP contribution in [-0.2, 0) is 13.6 Å². The SMILES string of the molecule is C=C(C)CNCc1cc(C#N)n(C)c1C. The topological polar surface area (TPSA) is 40.8 Å². The molecule has 0 saturated carbocycles. The molecule has 0 aliphatic rings. The molecular weight excluding hydrogens is 186 g/mol. The van der Waals surface area contributed by atoms with Gasteiger partial charge in [-0.2, -0.15) is 5.26 Å².